The molecule has 1 aromatic carbocycles. The molecule has 0 radical (unpaired) electrons. The van der Waals surface area contributed by atoms with E-state index in [1.165, 1.54) is 0 Å². The van der Waals surface area contributed by atoms with E-state index in [0.717, 1.165) is 22.3 Å². The molecule has 0 heterocycles. The van der Waals surface area contributed by atoms with E-state index >= 15 is 0 Å². The number of rotatable bonds is 6. The maximum Gasteiger partial charge on any atom is 0.106 e. The number of methoxy groups -OCH3 is 1. The van der Waals surface area contributed by atoms with Gasteiger partial charge in [0.15, 0.2) is 0 Å². The quantitative estimate of drug-likeness (QED) is 0.814. The highest BCUT2D eigenvalue weighted by molar-refractivity contribution is 9.10. The topological polar surface area (TPSA) is 38.5 Å². The molecule has 5 heteroatoms. The summed E-state index contributed by atoms with van der Waals surface area (Å²) in [5.74, 6) is 0. The number of likely N-dealkylation sites (N-methyl/N-ethyl adjacent to an activating group) is 1. The average Bonchev–Trinajstić information content (AvgIpc) is 2.32. The van der Waals surface area contributed by atoms with Crippen LogP contribution >= 0.6 is 28.1 Å². The van der Waals surface area contributed by atoms with Crippen molar-refractivity contribution >= 4 is 38.8 Å². The molecule has 0 spiro atoms. The molecule has 18 heavy (non-hydrogen) atoms. The molecule has 100 valence electrons. The van der Waals surface area contributed by atoms with E-state index in [4.69, 9.17) is 22.7 Å². The lowest BCUT2D eigenvalue weighted by molar-refractivity contribution is 0.182. The summed E-state index contributed by atoms with van der Waals surface area (Å²) in [7, 11) is 1.71. The van der Waals surface area contributed by atoms with Gasteiger partial charge in [-0.1, -0.05) is 28.1 Å². The van der Waals surface area contributed by atoms with Gasteiger partial charge < -0.3 is 15.4 Å². The van der Waals surface area contributed by atoms with Gasteiger partial charge in [0.2, 0.25) is 0 Å². The first kappa shape index (κ1) is 15.4. The van der Waals surface area contributed by atoms with Crippen molar-refractivity contribution < 1.29 is 4.74 Å². The summed E-state index contributed by atoms with van der Waals surface area (Å²) in [5, 5.41) is 0. The Labute approximate surface area is 122 Å². The monoisotopic (exact) mass is 330 g/mol. The van der Waals surface area contributed by atoms with Gasteiger partial charge in [0.1, 0.15) is 4.99 Å². The van der Waals surface area contributed by atoms with Crippen molar-refractivity contribution in [1.29, 1.82) is 0 Å². The highest BCUT2D eigenvalue weighted by Gasteiger charge is 2.17. The zero-order chi connectivity index (χ0) is 13.7. The first-order chi connectivity index (χ1) is 8.51. The van der Waals surface area contributed by atoms with Crippen LogP contribution in [0.25, 0.3) is 0 Å². The van der Waals surface area contributed by atoms with Gasteiger partial charge in [0.25, 0.3) is 0 Å². The summed E-state index contributed by atoms with van der Waals surface area (Å²) in [6.07, 6.45) is 0. The van der Waals surface area contributed by atoms with Crippen molar-refractivity contribution in [3.05, 3.63) is 28.2 Å². The van der Waals surface area contributed by atoms with Gasteiger partial charge in [-0.2, -0.15) is 0 Å². The fourth-order valence-electron chi connectivity index (χ4n) is 2.01. The molecule has 0 amide bonds. The van der Waals surface area contributed by atoms with Crippen LogP contribution < -0.4 is 10.6 Å². The Kier molecular flexibility index (Phi) is 6.05. The number of anilines is 1. The first-order valence-corrected chi connectivity index (χ1v) is 7.06. The fraction of sp³-hybridized carbons (Fsp3) is 0.462. The number of hydrogen-bond donors (Lipinski definition) is 1. The first-order valence-electron chi connectivity index (χ1n) is 5.86. The number of benzene rings is 1. The smallest absolute Gasteiger partial charge is 0.106 e. The standard InChI is InChI=1S/C13H19BrN2OS/c1-4-16(9(2)8-17-3)12-6-5-10(14)7-11(12)13(15)18/h5-7,9H,4,8H2,1-3H3,(H2,15,18). The van der Waals surface area contributed by atoms with E-state index in [-0.39, 0.29) is 6.04 Å². The minimum absolute atomic E-state index is 0.272. The summed E-state index contributed by atoms with van der Waals surface area (Å²) in [5.41, 5.74) is 7.75. The van der Waals surface area contributed by atoms with E-state index < -0.39 is 0 Å². The van der Waals surface area contributed by atoms with E-state index in [1.54, 1.807) is 7.11 Å². The maximum absolute atomic E-state index is 5.80. The Balaban J connectivity index is 3.16. The van der Waals surface area contributed by atoms with Crippen molar-refractivity contribution in [2.24, 2.45) is 5.73 Å². The Morgan fingerprint density at radius 3 is 2.72 bits per heavy atom. The van der Waals surface area contributed by atoms with Gasteiger partial charge in [-0.25, -0.2) is 0 Å². The molecule has 3 nitrogen and oxygen atoms in total. The summed E-state index contributed by atoms with van der Waals surface area (Å²) >= 11 is 8.57. The lowest BCUT2D eigenvalue weighted by Gasteiger charge is -2.31. The summed E-state index contributed by atoms with van der Waals surface area (Å²) in [4.78, 5) is 2.65. The van der Waals surface area contributed by atoms with Crippen molar-refractivity contribution in [3.8, 4) is 0 Å². The second-order valence-electron chi connectivity index (χ2n) is 4.12. The molecule has 0 bridgehead atoms. The van der Waals surface area contributed by atoms with Gasteiger partial charge in [0, 0.05) is 35.4 Å². The number of hydrogen-bond acceptors (Lipinski definition) is 3. The van der Waals surface area contributed by atoms with Crippen LogP contribution in [-0.2, 0) is 4.74 Å². The van der Waals surface area contributed by atoms with Crippen LogP contribution in [0.4, 0.5) is 5.69 Å². The zero-order valence-corrected chi connectivity index (χ0v) is 13.3. The Hall–Kier alpha value is -0.650. The Morgan fingerprint density at radius 2 is 2.22 bits per heavy atom. The van der Waals surface area contributed by atoms with Crippen LogP contribution in [0.1, 0.15) is 19.4 Å². The molecule has 0 aliphatic carbocycles. The van der Waals surface area contributed by atoms with Crippen molar-refractivity contribution in [2.75, 3.05) is 25.2 Å². The second kappa shape index (κ2) is 7.07. The van der Waals surface area contributed by atoms with E-state index in [9.17, 15) is 0 Å². The van der Waals surface area contributed by atoms with Crippen LogP contribution in [0, 0.1) is 0 Å². The lowest BCUT2D eigenvalue weighted by Crippen LogP contribution is -2.37. The third kappa shape index (κ3) is 3.67. The van der Waals surface area contributed by atoms with Gasteiger partial charge in [-0.05, 0) is 32.0 Å². The van der Waals surface area contributed by atoms with E-state index in [2.05, 4.69) is 34.7 Å². The molecule has 1 unspecified atom stereocenters. The lowest BCUT2D eigenvalue weighted by atomic mass is 10.1. The Bertz CT molecular complexity index is 425. The summed E-state index contributed by atoms with van der Waals surface area (Å²) < 4.78 is 6.19. The molecule has 0 saturated heterocycles. The molecule has 1 rings (SSSR count). The molecular formula is C13H19BrN2OS. The summed E-state index contributed by atoms with van der Waals surface area (Å²) in [6.45, 7) is 5.78. The van der Waals surface area contributed by atoms with E-state index in [0.29, 0.717) is 11.6 Å². The van der Waals surface area contributed by atoms with Gasteiger partial charge >= 0.3 is 0 Å². The zero-order valence-electron chi connectivity index (χ0n) is 10.9. The maximum atomic E-state index is 5.80. The number of nitrogens with zero attached hydrogens (tertiary/aromatic N) is 1. The van der Waals surface area contributed by atoms with Crippen LogP contribution in [0.5, 0.6) is 0 Å². The Morgan fingerprint density at radius 1 is 1.56 bits per heavy atom. The molecule has 0 aliphatic heterocycles. The van der Waals surface area contributed by atoms with Gasteiger partial charge in [-0.3, -0.25) is 0 Å². The van der Waals surface area contributed by atoms with Crippen LogP contribution in [-0.4, -0.2) is 31.3 Å². The summed E-state index contributed by atoms with van der Waals surface area (Å²) in [6, 6.07) is 6.27. The fourth-order valence-corrected chi connectivity index (χ4v) is 2.53. The third-order valence-corrected chi connectivity index (χ3v) is 3.53. The minimum Gasteiger partial charge on any atom is -0.389 e. The van der Waals surface area contributed by atoms with Gasteiger partial charge in [-0.15, -0.1) is 0 Å². The average molecular weight is 331 g/mol. The second-order valence-corrected chi connectivity index (χ2v) is 5.47. The molecule has 0 saturated carbocycles. The molecule has 2 N–H and O–H groups in total. The normalized spacial score (nSPS) is 12.2. The third-order valence-electron chi connectivity index (χ3n) is 2.81. The molecule has 1 atom stereocenters. The van der Waals surface area contributed by atoms with Crippen LogP contribution in [0.2, 0.25) is 0 Å². The van der Waals surface area contributed by atoms with Crippen LogP contribution in [0.3, 0.4) is 0 Å². The predicted octanol–water partition coefficient (Wildman–Crippen LogP) is 2.94. The number of nitrogens with two attached hydrogens (primary N) is 1. The molecule has 0 fully saturated rings. The number of ether oxygens (including phenoxy) is 1. The van der Waals surface area contributed by atoms with Gasteiger partial charge in [0.05, 0.1) is 6.61 Å². The van der Waals surface area contributed by atoms with Crippen molar-refractivity contribution in [2.45, 2.75) is 19.9 Å². The number of halogens is 1. The highest BCUT2D eigenvalue weighted by atomic mass is 79.9. The highest BCUT2D eigenvalue weighted by Crippen LogP contribution is 2.26. The predicted molar refractivity (Wildman–Crippen MR) is 84.4 cm³/mol. The largest absolute Gasteiger partial charge is 0.389 e. The van der Waals surface area contributed by atoms with Crippen LogP contribution in [0.15, 0.2) is 22.7 Å². The molecule has 0 aliphatic rings. The SMILES string of the molecule is CCN(c1ccc(Br)cc1C(N)=S)C(C)COC. The molecule has 1 aromatic rings. The number of thiocarbonyl (C=S) groups is 1. The van der Waals surface area contributed by atoms with E-state index in [1.807, 2.05) is 18.2 Å². The molecule has 0 aromatic heterocycles. The van der Waals surface area contributed by atoms with Crippen molar-refractivity contribution in [3.63, 3.8) is 0 Å². The van der Waals surface area contributed by atoms with Crippen molar-refractivity contribution in [1.82, 2.24) is 0 Å². The molecular weight excluding hydrogens is 312 g/mol. The minimum atomic E-state index is 0.272.